The van der Waals surface area contributed by atoms with Gasteiger partial charge < -0.3 is 29.6 Å². The van der Waals surface area contributed by atoms with Gasteiger partial charge in [-0.25, -0.2) is 0 Å². The predicted molar refractivity (Wildman–Crippen MR) is 105 cm³/mol. The number of nitrogens with one attached hydrogen (secondary N) is 2. The summed E-state index contributed by atoms with van der Waals surface area (Å²) in [5, 5.41) is 17.1. The van der Waals surface area contributed by atoms with Gasteiger partial charge in [-0.05, 0) is 32.4 Å². The SMILES string of the molecule is CCNC(=NCC(C)(O)CN1CCOCC1)NCCCOCc1ccco1. The Labute approximate surface area is 161 Å². The van der Waals surface area contributed by atoms with Crippen molar-refractivity contribution in [3.8, 4) is 0 Å². The first-order valence-corrected chi connectivity index (χ1v) is 9.74. The smallest absolute Gasteiger partial charge is 0.191 e. The Morgan fingerprint density at radius 3 is 2.89 bits per heavy atom. The molecule has 0 saturated carbocycles. The van der Waals surface area contributed by atoms with Crippen LogP contribution in [0.2, 0.25) is 0 Å². The van der Waals surface area contributed by atoms with Crippen LogP contribution >= 0.6 is 0 Å². The lowest BCUT2D eigenvalue weighted by Gasteiger charge is -2.33. The van der Waals surface area contributed by atoms with E-state index in [1.807, 2.05) is 26.0 Å². The second-order valence-electron chi connectivity index (χ2n) is 6.99. The molecule has 3 N–H and O–H groups in total. The van der Waals surface area contributed by atoms with Gasteiger partial charge in [-0.15, -0.1) is 0 Å². The molecule has 0 radical (unpaired) electrons. The molecule has 1 fully saturated rings. The summed E-state index contributed by atoms with van der Waals surface area (Å²) in [6, 6.07) is 3.75. The minimum atomic E-state index is -0.869. The summed E-state index contributed by atoms with van der Waals surface area (Å²) in [5.41, 5.74) is -0.869. The molecular formula is C19H34N4O4. The third kappa shape index (κ3) is 9.23. The van der Waals surface area contributed by atoms with E-state index in [0.717, 1.165) is 51.6 Å². The largest absolute Gasteiger partial charge is 0.467 e. The van der Waals surface area contributed by atoms with Crippen molar-refractivity contribution < 1.29 is 19.0 Å². The molecule has 154 valence electrons. The molecule has 1 atom stereocenters. The predicted octanol–water partition coefficient (Wildman–Crippen LogP) is 0.825. The number of nitrogens with zero attached hydrogens (tertiary/aromatic N) is 2. The van der Waals surface area contributed by atoms with E-state index in [0.29, 0.717) is 32.3 Å². The van der Waals surface area contributed by atoms with Crippen molar-refractivity contribution in [2.45, 2.75) is 32.5 Å². The quantitative estimate of drug-likeness (QED) is 0.297. The number of hydrogen-bond acceptors (Lipinski definition) is 6. The van der Waals surface area contributed by atoms with E-state index in [9.17, 15) is 5.11 Å². The summed E-state index contributed by atoms with van der Waals surface area (Å²) < 4.78 is 16.1. The highest BCUT2D eigenvalue weighted by Gasteiger charge is 2.25. The van der Waals surface area contributed by atoms with E-state index < -0.39 is 5.60 Å². The Balaban J connectivity index is 1.65. The maximum Gasteiger partial charge on any atom is 0.191 e. The molecule has 27 heavy (non-hydrogen) atoms. The van der Waals surface area contributed by atoms with E-state index in [-0.39, 0.29) is 0 Å². The molecule has 8 heteroatoms. The molecule has 1 aromatic rings. The van der Waals surface area contributed by atoms with Gasteiger partial charge in [-0.2, -0.15) is 0 Å². The summed E-state index contributed by atoms with van der Waals surface area (Å²) in [4.78, 5) is 6.76. The molecule has 0 aliphatic carbocycles. The molecule has 0 bridgehead atoms. The van der Waals surface area contributed by atoms with Gasteiger partial charge in [0.15, 0.2) is 5.96 Å². The first-order chi connectivity index (χ1) is 13.1. The van der Waals surface area contributed by atoms with Crippen molar-refractivity contribution in [3.63, 3.8) is 0 Å². The zero-order chi connectivity index (χ0) is 19.4. The normalized spacial score (nSPS) is 18.3. The Hall–Kier alpha value is -1.61. The summed E-state index contributed by atoms with van der Waals surface area (Å²) in [5.74, 6) is 1.55. The zero-order valence-electron chi connectivity index (χ0n) is 16.6. The second kappa shape index (κ2) is 12.0. The first-order valence-electron chi connectivity index (χ1n) is 9.74. The number of morpholine rings is 1. The van der Waals surface area contributed by atoms with E-state index in [4.69, 9.17) is 13.9 Å². The molecule has 2 rings (SSSR count). The Morgan fingerprint density at radius 1 is 1.37 bits per heavy atom. The Morgan fingerprint density at radius 2 is 2.19 bits per heavy atom. The van der Waals surface area contributed by atoms with Crippen LogP contribution in [0.25, 0.3) is 0 Å². The maximum atomic E-state index is 10.6. The summed E-state index contributed by atoms with van der Waals surface area (Å²) in [7, 11) is 0. The third-order valence-corrected chi connectivity index (χ3v) is 4.17. The number of hydrogen-bond donors (Lipinski definition) is 3. The van der Waals surface area contributed by atoms with Crippen molar-refractivity contribution in [3.05, 3.63) is 24.2 Å². The van der Waals surface area contributed by atoms with Gasteiger partial charge in [0.25, 0.3) is 0 Å². The lowest BCUT2D eigenvalue weighted by atomic mass is 10.1. The molecular weight excluding hydrogens is 348 g/mol. The monoisotopic (exact) mass is 382 g/mol. The van der Waals surface area contributed by atoms with E-state index >= 15 is 0 Å². The lowest BCUT2D eigenvalue weighted by molar-refractivity contribution is -0.0180. The number of aliphatic imine (C=N–C) groups is 1. The fourth-order valence-electron chi connectivity index (χ4n) is 2.83. The molecule has 0 spiro atoms. The van der Waals surface area contributed by atoms with Crippen molar-refractivity contribution in [2.24, 2.45) is 4.99 Å². The fraction of sp³-hybridized carbons (Fsp3) is 0.737. The van der Waals surface area contributed by atoms with Crippen LogP contribution in [0.5, 0.6) is 0 Å². The van der Waals surface area contributed by atoms with Crippen molar-refractivity contribution >= 4 is 5.96 Å². The molecule has 0 aromatic carbocycles. The van der Waals surface area contributed by atoms with Crippen LogP contribution in [0.1, 0.15) is 26.0 Å². The van der Waals surface area contributed by atoms with Gasteiger partial charge in [-0.1, -0.05) is 0 Å². The number of aliphatic hydroxyl groups is 1. The maximum absolute atomic E-state index is 10.6. The lowest BCUT2D eigenvalue weighted by Crippen LogP contribution is -2.48. The van der Waals surface area contributed by atoms with E-state index in [1.165, 1.54) is 0 Å². The average Bonchev–Trinajstić information content (AvgIpc) is 3.16. The average molecular weight is 383 g/mol. The highest BCUT2D eigenvalue weighted by molar-refractivity contribution is 5.79. The minimum Gasteiger partial charge on any atom is -0.467 e. The summed E-state index contributed by atoms with van der Waals surface area (Å²) in [6.45, 7) is 10.6. The number of ether oxygens (including phenoxy) is 2. The van der Waals surface area contributed by atoms with Crippen LogP contribution in [0.15, 0.2) is 27.8 Å². The Kier molecular flexibility index (Phi) is 9.61. The van der Waals surface area contributed by atoms with Gasteiger partial charge in [-0.3, -0.25) is 9.89 Å². The van der Waals surface area contributed by atoms with Crippen LogP contribution in [-0.4, -0.2) is 80.7 Å². The van der Waals surface area contributed by atoms with Crippen LogP contribution in [0.4, 0.5) is 0 Å². The van der Waals surface area contributed by atoms with Crippen molar-refractivity contribution in [1.82, 2.24) is 15.5 Å². The molecule has 8 nitrogen and oxygen atoms in total. The van der Waals surface area contributed by atoms with Crippen LogP contribution in [-0.2, 0) is 16.1 Å². The minimum absolute atomic E-state index is 0.342. The molecule has 1 aliphatic heterocycles. The highest BCUT2D eigenvalue weighted by Crippen LogP contribution is 2.09. The highest BCUT2D eigenvalue weighted by atomic mass is 16.5. The Bertz CT molecular complexity index is 528. The molecule has 1 aromatic heterocycles. The first kappa shape index (κ1) is 21.7. The molecule has 1 aliphatic rings. The molecule has 0 amide bonds. The van der Waals surface area contributed by atoms with E-state index in [2.05, 4.69) is 20.5 Å². The van der Waals surface area contributed by atoms with Crippen LogP contribution < -0.4 is 10.6 Å². The number of furan rings is 1. The fourth-order valence-corrected chi connectivity index (χ4v) is 2.83. The number of rotatable bonds is 11. The topological polar surface area (TPSA) is 91.5 Å². The van der Waals surface area contributed by atoms with Gasteiger partial charge in [0.05, 0.1) is 31.6 Å². The number of guanidine groups is 1. The van der Waals surface area contributed by atoms with Crippen molar-refractivity contribution in [2.75, 3.05) is 59.1 Å². The standard InChI is InChI=1S/C19H34N4O4/c1-3-20-18(21-7-5-10-26-14-17-6-4-11-27-17)22-15-19(2,24)16-23-8-12-25-13-9-23/h4,6,11,24H,3,5,7-10,12-16H2,1-2H3,(H2,20,21,22). The zero-order valence-corrected chi connectivity index (χ0v) is 16.6. The molecule has 2 heterocycles. The summed E-state index contributed by atoms with van der Waals surface area (Å²) in [6.07, 6.45) is 2.50. The van der Waals surface area contributed by atoms with Gasteiger partial charge in [0.1, 0.15) is 12.4 Å². The van der Waals surface area contributed by atoms with E-state index in [1.54, 1.807) is 6.26 Å². The van der Waals surface area contributed by atoms with Crippen LogP contribution in [0, 0.1) is 0 Å². The third-order valence-electron chi connectivity index (χ3n) is 4.17. The summed E-state index contributed by atoms with van der Waals surface area (Å²) >= 11 is 0. The number of β-amino-alcohol motifs (C(OH)–C–C–N with tert-alkyl or cyclic N) is 1. The van der Waals surface area contributed by atoms with Crippen molar-refractivity contribution in [1.29, 1.82) is 0 Å². The van der Waals surface area contributed by atoms with Gasteiger partial charge >= 0.3 is 0 Å². The van der Waals surface area contributed by atoms with Crippen LogP contribution in [0.3, 0.4) is 0 Å². The second-order valence-corrected chi connectivity index (χ2v) is 6.99. The molecule has 1 unspecified atom stereocenters. The van der Waals surface area contributed by atoms with Gasteiger partial charge in [0.2, 0.25) is 0 Å². The molecule has 1 saturated heterocycles. The van der Waals surface area contributed by atoms with Gasteiger partial charge in [0, 0.05) is 39.3 Å².